The number of nitrogens with zero attached hydrogens (tertiary/aromatic N) is 1. The average Bonchev–Trinajstić information content (AvgIpc) is 2.76. The third-order valence-corrected chi connectivity index (χ3v) is 3.74. The number of furan rings is 1. The molecule has 1 aromatic heterocycles. The van der Waals surface area contributed by atoms with Crippen molar-refractivity contribution in [1.29, 1.82) is 0 Å². The maximum absolute atomic E-state index is 13.2. The van der Waals surface area contributed by atoms with Crippen molar-refractivity contribution in [2.45, 2.75) is 26.2 Å². The van der Waals surface area contributed by atoms with Gasteiger partial charge in [-0.2, -0.15) is 0 Å². The third kappa shape index (κ3) is 2.11. The van der Waals surface area contributed by atoms with Crippen LogP contribution in [0.1, 0.15) is 35.4 Å². The predicted octanol–water partition coefficient (Wildman–Crippen LogP) is 3.51. The highest BCUT2D eigenvalue weighted by Crippen LogP contribution is 2.27. The van der Waals surface area contributed by atoms with Crippen molar-refractivity contribution in [1.82, 2.24) is 4.90 Å². The molecule has 1 fully saturated rings. The van der Waals surface area contributed by atoms with Crippen LogP contribution < -0.4 is 0 Å². The summed E-state index contributed by atoms with van der Waals surface area (Å²) in [4.78, 5) is 14.2. The molecule has 0 N–H and O–H groups in total. The van der Waals surface area contributed by atoms with Gasteiger partial charge in [0.25, 0.3) is 5.91 Å². The Morgan fingerprint density at radius 3 is 2.74 bits per heavy atom. The van der Waals surface area contributed by atoms with Gasteiger partial charge in [0.05, 0.1) is 0 Å². The molecule has 1 aliphatic rings. The molecular formula is C15H16FNO2. The summed E-state index contributed by atoms with van der Waals surface area (Å²) in [6, 6.07) is 4.34. The molecule has 3 rings (SSSR count). The first-order valence-electron chi connectivity index (χ1n) is 6.65. The predicted molar refractivity (Wildman–Crippen MR) is 70.7 cm³/mol. The summed E-state index contributed by atoms with van der Waals surface area (Å²) in [6.07, 6.45) is 3.26. The third-order valence-electron chi connectivity index (χ3n) is 3.74. The number of fused-ring (bicyclic) bond motifs is 1. The lowest BCUT2D eigenvalue weighted by atomic mass is 10.1. The molecular weight excluding hydrogens is 245 g/mol. The highest BCUT2D eigenvalue weighted by atomic mass is 19.1. The molecule has 19 heavy (non-hydrogen) atoms. The zero-order valence-corrected chi connectivity index (χ0v) is 10.9. The van der Waals surface area contributed by atoms with Crippen LogP contribution in [0.2, 0.25) is 0 Å². The Balaban J connectivity index is 2.00. The SMILES string of the molecule is Cc1c(C(=O)N2CCCCC2)oc2ccc(F)cc12. The van der Waals surface area contributed by atoms with E-state index in [1.807, 2.05) is 11.8 Å². The van der Waals surface area contributed by atoms with Crippen LogP contribution in [0.5, 0.6) is 0 Å². The van der Waals surface area contributed by atoms with Crippen LogP contribution in [0.3, 0.4) is 0 Å². The van der Waals surface area contributed by atoms with Crippen molar-refractivity contribution in [3.05, 3.63) is 35.3 Å². The highest BCUT2D eigenvalue weighted by Gasteiger charge is 2.24. The number of likely N-dealkylation sites (tertiary alicyclic amines) is 1. The number of amides is 1. The van der Waals surface area contributed by atoms with Crippen molar-refractivity contribution >= 4 is 16.9 Å². The molecule has 1 aliphatic heterocycles. The van der Waals surface area contributed by atoms with E-state index in [9.17, 15) is 9.18 Å². The average molecular weight is 261 g/mol. The molecule has 1 aromatic carbocycles. The number of hydrogen-bond acceptors (Lipinski definition) is 2. The first-order chi connectivity index (χ1) is 9.16. The minimum Gasteiger partial charge on any atom is -0.451 e. The van der Waals surface area contributed by atoms with Crippen LogP contribution in [-0.4, -0.2) is 23.9 Å². The number of aryl methyl sites for hydroxylation is 1. The van der Waals surface area contributed by atoms with E-state index in [4.69, 9.17) is 4.42 Å². The molecule has 1 saturated heterocycles. The molecule has 2 aromatic rings. The number of piperidine rings is 1. The zero-order chi connectivity index (χ0) is 13.4. The van der Waals surface area contributed by atoms with Crippen LogP contribution in [0.4, 0.5) is 4.39 Å². The largest absolute Gasteiger partial charge is 0.451 e. The lowest BCUT2D eigenvalue weighted by molar-refractivity contribution is 0.0693. The Kier molecular flexibility index (Phi) is 3.01. The van der Waals surface area contributed by atoms with Gasteiger partial charge in [-0.25, -0.2) is 4.39 Å². The van der Waals surface area contributed by atoms with Crippen LogP contribution in [0, 0.1) is 12.7 Å². The fourth-order valence-corrected chi connectivity index (χ4v) is 2.64. The Labute approximate surface area is 111 Å². The maximum atomic E-state index is 13.2. The second-order valence-corrected chi connectivity index (χ2v) is 5.05. The Hall–Kier alpha value is -1.84. The van der Waals surface area contributed by atoms with Crippen molar-refractivity contribution in [2.24, 2.45) is 0 Å². The van der Waals surface area contributed by atoms with Crippen molar-refractivity contribution in [2.75, 3.05) is 13.1 Å². The van der Waals surface area contributed by atoms with Gasteiger partial charge in [-0.3, -0.25) is 4.79 Å². The van der Waals surface area contributed by atoms with Gasteiger partial charge in [0, 0.05) is 24.0 Å². The summed E-state index contributed by atoms with van der Waals surface area (Å²) < 4.78 is 18.9. The molecule has 1 amide bonds. The molecule has 3 nitrogen and oxygen atoms in total. The lowest BCUT2D eigenvalue weighted by Gasteiger charge is -2.25. The van der Waals surface area contributed by atoms with E-state index in [1.54, 1.807) is 6.07 Å². The quantitative estimate of drug-likeness (QED) is 0.787. The normalized spacial score (nSPS) is 16.0. The molecule has 0 radical (unpaired) electrons. The summed E-state index contributed by atoms with van der Waals surface area (Å²) in [5.74, 6) is -0.0373. The minimum atomic E-state index is -0.312. The Bertz CT molecular complexity index is 626. The first kappa shape index (κ1) is 12.2. The van der Waals surface area contributed by atoms with E-state index in [-0.39, 0.29) is 11.7 Å². The summed E-state index contributed by atoms with van der Waals surface area (Å²) in [5, 5.41) is 0.681. The summed E-state index contributed by atoms with van der Waals surface area (Å²) in [6.45, 7) is 3.37. The van der Waals surface area contributed by atoms with Crippen molar-refractivity contribution in [3.63, 3.8) is 0 Å². The van der Waals surface area contributed by atoms with Crippen LogP contribution in [-0.2, 0) is 0 Å². The number of carbonyl (C=O) groups excluding carboxylic acids is 1. The summed E-state index contributed by atoms with van der Waals surface area (Å²) in [7, 11) is 0. The molecule has 0 unspecified atom stereocenters. The molecule has 0 atom stereocenters. The van der Waals surface area contributed by atoms with E-state index in [0.717, 1.165) is 31.5 Å². The zero-order valence-electron chi connectivity index (χ0n) is 10.9. The standard InChI is InChI=1S/C15H16FNO2/c1-10-12-9-11(16)5-6-13(12)19-14(10)15(18)17-7-3-2-4-8-17/h5-6,9H,2-4,7-8H2,1H3. The lowest BCUT2D eigenvalue weighted by Crippen LogP contribution is -2.35. The molecule has 2 heterocycles. The van der Waals surface area contributed by atoms with Crippen molar-refractivity contribution in [3.8, 4) is 0 Å². The van der Waals surface area contributed by atoms with Gasteiger partial charge in [0.15, 0.2) is 5.76 Å². The number of rotatable bonds is 1. The van der Waals surface area contributed by atoms with Gasteiger partial charge in [0.2, 0.25) is 0 Å². The van der Waals surface area contributed by atoms with E-state index in [2.05, 4.69) is 0 Å². The Morgan fingerprint density at radius 1 is 1.26 bits per heavy atom. The van der Waals surface area contributed by atoms with E-state index >= 15 is 0 Å². The van der Waals surface area contributed by atoms with Gasteiger partial charge < -0.3 is 9.32 Å². The molecule has 0 saturated carbocycles. The monoisotopic (exact) mass is 261 g/mol. The second-order valence-electron chi connectivity index (χ2n) is 5.05. The van der Waals surface area contributed by atoms with Crippen LogP contribution in [0.15, 0.2) is 22.6 Å². The number of benzene rings is 1. The van der Waals surface area contributed by atoms with Gasteiger partial charge >= 0.3 is 0 Å². The summed E-state index contributed by atoms with van der Waals surface area (Å²) in [5.41, 5.74) is 1.30. The van der Waals surface area contributed by atoms with E-state index in [1.165, 1.54) is 18.6 Å². The minimum absolute atomic E-state index is 0.0752. The molecule has 0 spiro atoms. The van der Waals surface area contributed by atoms with E-state index in [0.29, 0.717) is 16.7 Å². The van der Waals surface area contributed by atoms with Gasteiger partial charge in [-0.15, -0.1) is 0 Å². The fourth-order valence-electron chi connectivity index (χ4n) is 2.64. The first-order valence-corrected chi connectivity index (χ1v) is 6.65. The summed E-state index contributed by atoms with van der Waals surface area (Å²) >= 11 is 0. The highest BCUT2D eigenvalue weighted by molar-refractivity contribution is 5.98. The van der Waals surface area contributed by atoms with Crippen LogP contribution in [0.25, 0.3) is 11.0 Å². The van der Waals surface area contributed by atoms with Gasteiger partial charge in [0.1, 0.15) is 11.4 Å². The molecule has 4 heteroatoms. The maximum Gasteiger partial charge on any atom is 0.289 e. The smallest absolute Gasteiger partial charge is 0.289 e. The van der Waals surface area contributed by atoms with Crippen LogP contribution >= 0.6 is 0 Å². The molecule has 0 aliphatic carbocycles. The van der Waals surface area contributed by atoms with E-state index < -0.39 is 0 Å². The van der Waals surface area contributed by atoms with Crippen molar-refractivity contribution < 1.29 is 13.6 Å². The number of carbonyl (C=O) groups is 1. The number of halogens is 1. The molecule has 100 valence electrons. The fraction of sp³-hybridized carbons (Fsp3) is 0.400. The second kappa shape index (κ2) is 4.68. The number of hydrogen-bond donors (Lipinski definition) is 0. The van der Waals surface area contributed by atoms with Gasteiger partial charge in [-0.1, -0.05) is 0 Å². The van der Waals surface area contributed by atoms with Gasteiger partial charge in [-0.05, 0) is 44.4 Å². The Morgan fingerprint density at radius 2 is 2.00 bits per heavy atom. The topological polar surface area (TPSA) is 33.5 Å². The molecule has 0 bridgehead atoms.